The second-order valence-electron chi connectivity index (χ2n) is 7.20. The number of amides is 2. The summed E-state index contributed by atoms with van der Waals surface area (Å²) >= 11 is 0. The average molecular weight is 357 g/mol. The SMILES string of the molecule is O=C1c2ccccc2C(=O)N1CC1CCC(c2ccc3ccccc3c2)O1. The van der Waals surface area contributed by atoms with E-state index in [2.05, 4.69) is 30.3 Å². The van der Waals surface area contributed by atoms with E-state index in [-0.39, 0.29) is 24.0 Å². The zero-order valence-corrected chi connectivity index (χ0v) is 14.8. The van der Waals surface area contributed by atoms with Gasteiger partial charge in [-0.1, -0.05) is 48.5 Å². The van der Waals surface area contributed by atoms with Gasteiger partial charge in [-0.05, 0) is 47.4 Å². The second kappa shape index (κ2) is 6.32. The van der Waals surface area contributed by atoms with E-state index in [1.54, 1.807) is 24.3 Å². The van der Waals surface area contributed by atoms with Crippen LogP contribution in [-0.4, -0.2) is 29.4 Å². The lowest BCUT2D eigenvalue weighted by molar-refractivity contribution is 0.0217. The molecule has 0 spiro atoms. The lowest BCUT2D eigenvalue weighted by Gasteiger charge is -2.20. The summed E-state index contributed by atoms with van der Waals surface area (Å²) in [4.78, 5) is 26.4. The fraction of sp³-hybridized carbons (Fsp3) is 0.217. The minimum absolute atomic E-state index is 0.00906. The van der Waals surface area contributed by atoms with Gasteiger partial charge in [0.2, 0.25) is 0 Å². The van der Waals surface area contributed by atoms with Gasteiger partial charge in [0.05, 0.1) is 29.9 Å². The van der Waals surface area contributed by atoms with E-state index in [0.29, 0.717) is 17.7 Å². The van der Waals surface area contributed by atoms with Gasteiger partial charge in [0, 0.05) is 0 Å². The fourth-order valence-electron chi connectivity index (χ4n) is 4.10. The van der Waals surface area contributed by atoms with E-state index in [0.717, 1.165) is 18.4 Å². The summed E-state index contributed by atoms with van der Waals surface area (Å²) in [5.41, 5.74) is 2.14. The van der Waals surface area contributed by atoms with Crippen molar-refractivity contribution in [1.29, 1.82) is 0 Å². The molecule has 134 valence electrons. The van der Waals surface area contributed by atoms with Gasteiger partial charge < -0.3 is 4.74 Å². The topological polar surface area (TPSA) is 46.6 Å². The Morgan fingerprint density at radius 1 is 0.815 bits per heavy atom. The maximum atomic E-state index is 12.5. The minimum atomic E-state index is -0.214. The van der Waals surface area contributed by atoms with Crippen molar-refractivity contribution in [3.8, 4) is 0 Å². The predicted molar refractivity (Wildman–Crippen MR) is 103 cm³/mol. The Labute approximate surface area is 157 Å². The molecule has 4 nitrogen and oxygen atoms in total. The number of ether oxygens (including phenoxy) is 1. The van der Waals surface area contributed by atoms with E-state index in [1.165, 1.54) is 15.7 Å². The highest BCUT2D eigenvalue weighted by Gasteiger charge is 2.38. The monoisotopic (exact) mass is 357 g/mol. The molecule has 1 saturated heterocycles. The number of hydrogen-bond donors (Lipinski definition) is 0. The number of hydrogen-bond acceptors (Lipinski definition) is 3. The van der Waals surface area contributed by atoms with Crippen LogP contribution < -0.4 is 0 Å². The zero-order chi connectivity index (χ0) is 18.4. The molecular weight excluding hydrogens is 338 g/mol. The summed E-state index contributed by atoms with van der Waals surface area (Å²) in [6.45, 7) is 0.316. The molecule has 2 heterocycles. The summed E-state index contributed by atoms with van der Waals surface area (Å²) in [5.74, 6) is -0.429. The molecule has 0 aliphatic carbocycles. The van der Waals surface area contributed by atoms with Crippen LogP contribution in [0.3, 0.4) is 0 Å². The largest absolute Gasteiger partial charge is 0.368 e. The average Bonchev–Trinajstić information content (AvgIpc) is 3.27. The van der Waals surface area contributed by atoms with Crippen molar-refractivity contribution in [3.05, 3.63) is 83.4 Å². The third-order valence-corrected chi connectivity index (χ3v) is 5.52. The van der Waals surface area contributed by atoms with Crippen molar-refractivity contribution in [2.24, 2.45) is 0 Å². The minimum Gasteiger partial charge on any atom is -0.368 e. The molecule has 2 unspecified atom stereocenters. The normalized spacial score (nSPS) is 21.9. The first-order valence-corrected chi connectivity index (χ1v) is 9.30. The Morgan fingerprint density at radius 2 is 1.48 bits per heavy atom. The molecule has 2 atom stereocenters. The predicted octanol–water partition coefficient (Wildman–Crippen LogP) is 4.36. The quantitative estimate of drug-likeness (QED) is 0.655. The van der Waals surface area contributed by atoms with Crippen LogP contribution in [-0.2, 0) is 4.74 Å². The van der Waals surface area contributed by atoms with Gasteiger partial charge in [0.1, 0.15) is 0 Å². The lowest BCUT2D eigenvalue weighted by atomic mass is 10.0. The van der Waals surface area contributed by atoms with Gasteiger partial charge in [0.25, 0.3) is 11.8 Å². The maximum Gasteiger partial charge on any atom is 0.261 e. The smallest absolute Gasteiger partial charge is 0.261 e. The number of benzene rings is 3. The number of nitrogens with zero attached hydrogens (tertiary/aromatic N) is 1. The molecule has 2 amide bonds. The summed E-state index contributed by atoms with van der Waals surface area (Å²) in [7, 11) is 0. The highest BCUT2D eigenvalue weighted by Crippen LogP contribution is 2.35. The van der Waals surface area contributed by atoms with Crippen LogP contribution in [0.4, 0.5) is 0 Å². The van der Waals surface area contributed by atoms with Gasteiger partial charge >= 0.3 is 0 Å². The molecule has 2 aliphatic heterocycles. The number of carbonyl (C=O) groups is 2. The standard InChI is InChI=1S/C23H19NO3/c25-22-19-7-3-4-8-20(19)23(26)24(22)14-18-11-12-21(27-18)17-10-9-15-5-1-2-6-16(15)13-17/h1-10,13,18,21H,11-12,14H2. The van der Waals surface area contributed by atoms with Crippen LogP contribution in [0, 0.1) is 0 Å². The zero-order valence-electron chi connectivity index (χ0n) is 14.8. The van der Waals surface area contributed by atoms with Crippen molar-refractivity contribution in [3.63, 3.8) is 0 Å². The maximum absolute atomic E-state index is 12.5. The van der Waals surface area contributed by atoms with Gasteiger partial charge in [-0.15, -0.1) is 0 Å². The van der Waals surface area contributed by atoms with Gasteiger partial charge in [-0.25, -0.2) is 0 Å². The van der Waals surface area contributed by atoms with Crippen LogP contribution in [0.15, 0.2) is 66.7 Å². The molecule has 4 heteroatoms. The lowest BCUT2D eigenvalue weighted by Crippen LogP contribution is -2.36. The van der Waals surface area contributed by atoms with Gasteiger partial charge in [0.15, 0.2) is 0 Å². The molecule has 0 N–H and O–H groups in total. The van der Waals surface area contributed by atoms with Crippen LogP contribution >= 0.6 is 0 Å². The molecule has 0 bridgehead atoms. The van der Waals surface area contributed by atoms with Gasteiger partial charge in [-0.3, -0.25) is 14.5 Å². The molecule has 0 aromatic heterocycles. The molecule has 27 heavy (non-hydrogen) atoms. The molecule has 0 radical (unpaired) electrons. The van der Waals surface area contributed by atoms with Crippen molar-refractivity contribution in [2.75, 3.05) is 6.54 Å². The van der Waals surface area contributed by atoms with Crippen molar-refractivity contribution >= 4 is 22.6 Å². The Hall–Kier alpha value is -2.98. The van der Waals surface area contributed by atoms with E-state index in [4.69, 9.17) is 4.74 Å². The molecular formula is C23H19NO3. The van der Waals surface area contributed by atoms with Crippen LogP contribution in [0.2, 0.25) is 0 Å². The van der Waals surface area contributed by atoms with E-state index >= 15 is 0 Å². The van der Waals surface area contributed by atoms with Gasteiger partial charge in [-0.2, -0.15) is 0 Å². The number of imide groups is 1. The summed E-state index contributed by atoms with van der Waals surface area (Å²) in [6, 6.07) is 21.7. The Kier molecular flexibility index (Phi) is 3.80. The number of fused-ring (bicyclic) bond motifs is 2. The summed E-state index contributed by atoms with van der Waals surface area (Å²) < 4.78 is 6.21. The Bertz CT molecular complexity index is 1020. The molecule has 2 aliphatic rings. The first-order valence-electron chi connectivity index (χ1n) is 9.30. The molecule has 3 aromatic carbocycles. The Morgan fingerprint density at radius 3 is 2.22 bits per heavy atom. The molecule has 1 fully saturated rings. The fourth-order valence-corrected chi connectivity index (χ4v) is 4.10. The van der Waals surface area contributed by atoms with Crippen LogP contribution in [0.25, 0.3) is 10.8 Å². The number of rotatable bonds is 3. The van der Waals surface area contributed by atoms with E-state index in [1.807, 2.05) is 12.1 Å². The highest BCUT2D eigenvalue weighted by atomic mass is 16.5. The van der Waals surface area contributed by atoms with Crippen LogP contribution in [0.1, 0.15) is 45.2 Å². The van der Waals surface area contributed by atoms with Crippen LogP contribution in [0.5, 0.6) is 0 Å². The third-order valence-electron chi connectivity index (χ3n) is 5.52. The van der Waals surface area contributed by atoms with Crippen molar-refractivity contribution < 1.29 is 14.3 Å². The van der Waals surface area contributed by atoms with E-state index in [9.17, 15) is 9.59 Å². The number of carbonyl (C=O) groups excluding carboxylic acids is 2. The highest BCUT2D eigenvalue weighted by molar-refractivity contribution is 6.21. The first kappa shape index (κ1) is 16.2. The van der Waals surface area contributed by atoms with E-state index < -0.39 is 0 Å². The molecule has 0 saturated carbocycles. The second-order valence-corrected chi connectivity index (χ2v) is 7.20. The van der Waals surface area contributed by atoms with Crippen molar-refractivity contribution in [1.82, 2.24) is 4.90 Å². The first-order chi connectivity index (χ1) is 13.2. The van der Waals surface area contributed by atoms with Crippen molar-refractivity contribution in [2.45, 2.75) is 25.0 Å². The summed E-state index contributed by atoms with van der Waals surface area (Å²) in [5, 5.41) is 2.41. The molecule has 5 rings (SSSR count). The third kappa shape index (κ3) is 2.73. The summed E-state index contributed by atoms with van der Waals surface area (Å²) in [6.07, 6.45) is 1.62. The molecule has 3 aromatic rings. The Balaban J connectivity index is 1.31.